The quantitative estimate of drug-likeness (QED) is 0.228. The molecular formula is C32H33NO4S. The lowest BCUT2D eigenvalue weighted by Crippen LogP contribution is -2.21. The zero-order valence-electron chi connectivity index (χ0n) is 22.5. The maximum atomic E-state index is 12.9. The minimum absolute atomic E-state index is 0.159. The molecule has 0 atom stereocenters. The number of ether oxygens (including phenoxy) is 2. The number of rotatable bonds is 9. The maximum absolute atomic E-state index is 12.9. The Labute approximate surface area is 228 Å². The summed E-state index contributed by atoms with van der Waals surface area (Å²) in [6.07, 6.45) is 0. The second-order valence-corrected chi connectivity index (χ2v) is 10.6. The molecule has 6 heteroatoms. The summed E-state index contributed by atoms with van der Waals surface area (Å²) in [5.74, 6) is -0.215. The van der Waals surface area contributed by atoms with Gasteiger partial charge in [0, 0.05) is 16.4 Å². The topological polar surface area (TPSA) is 64.6 Å². The van der Waals surface area contributed by atoms with Crippen molar-refractivity contribution in [3.8, 4) is 16.9 Å². The van der Waals surface area contributed by atoms with E-state index in [4.69, 9.17) is 9.47 Å². The van der Waals surface area contributed by atoms with Crippen molar-refractivity contribution in [1.82, 2.24) is 0 Å². The van der Waals surface area contributed by atoms with E-state index in [0.29, 0.717) is 16.3 Å². The molecule has 4 rings (SSSR count). The van der Waals surface area contributed by atoms with E-state index in [2.05, 4.69) is 31.3 Å². The first kappa shape index (κ1) is 27.1. The van der Waals surface area contributed by atoms with Crippen LogP contribution in [0.5, 0.6) is 5.75 Å². The summed E-state index contributed by atoms with van der Waals surface area (Å²) in [5, 5.41) is 5.17. The Kier molecular flexibility index (Phi) is 8.32. The molecule has 0 bridgehead atoms. The first-order valence-electron chi connectivity index (χ1n) is 12.7. The van der Waals surface area contributed by atoms with Crippen LogP contribution in [0.15, 0.2) is 78.2 Å². The molecule has 0 aliphatic rings. The average molecular weight is 528 g/mol. The van der Waals surface area contributed by atoms with Crippen molar-refractivity contribution in [1.29, 1.82) is 0 Å². The van der Waals surface area contributed by atoms with Crippen molar-refractivity contribution >= 4 is 28.2 Å². The number of amides is 1. The van der Waals surface area contributed by atoms with Gasteiger partial charge in [0.1, 0.15) is 16.3 Å². The van der Waals surface area contributed by atoms with E-state index in [1.807, 2.05) is 79.9 Å². The molecule has 196 valence electrons. The fourth-order valence-electron chi connectivity index (χ4n) is 4.28. The number of benzene rings is 3. The predicted octanol–water partition coefficient (Wildman–Crippen LogP) is 7.55. The van der Waals surface area contributed by atoms with Gasteiger partial charge in [0.2, 0.25) is 0 Å². The highest BCUT2D eigenvalue weighted by Crippen LogP contribution is 2.37. The van der Waals surface area contributed by atoms with Gasteiger partial charge < -0.3 is 14.8 Å². The fourth-order valence-corrected chi connectivity index (χ4v) is 5.25. The molecule has 0 unspecified atom stereocenters. The van der Waals surface area contributed by atoms with Crippen molar-refractivity contribution < 1.29 is 19.1 Å². The number of esters is 1. The highest BCUT2D eigenvalue weighted by atomic mass is 32.1. The summed E-state index contributed by atoms with van der Waals surface area (Å²) in [5.41, 5.74) is 6.52. The number of thiophene rings is 1. The lowest BCUT2D eigenvalue weighted by molar-refractivity contribution is -0.118. The van der Waals surface area contributed by atoms with Crippen molar-refractivity contribution in [2.24, 2.45) is 0 Å². The maximum Gasteiger partial charge on any atom is 0.341 e. The van der Waals surface area contributed by atoms with Crippen LogP contribution in [0.4, 0.5) is 5.00 Å². The normalized spacial score (nSPS) is 11.2. The van der Waals surface area contributed by atoms with Crippen LogP contribution in [0.2, 0.25) is 0 Å². The Bertz CT molecular complexity index is 1420. The summed E-state index contributed by atoms with van der Waals surface area (Å²) in [7, 11) is 0. The fraction of sp³-hybridized carbons (Fsp3) is 0.250. The van der Waals surface area contributed by atoms with Gasteiger partial charge in [-0.2, -0.15) is 0 Å². The lowest BCUT2D eigenvalue weighted by atomic mass is 9.78. The first-order valence-corrected chi connectivity index (χ1v) is 13.5. The van der Waals surface area contributed by atoms with Crippen LogP contribution < -0.4 is 10.1 Å². The lowest BCUT2D eigenvalue weighted by Gasteiger charge is -2.26. The Balaban J connectivity index is 1.46. The van der Waals surface area contributed by atoms with Gasteiger partial charge in [0.25, 0.3) is 5.91 Å². The molecule has 0 radical (unpaired) electrons. The molecule has 1 amide bonds. The van der Waals surface area contributed by atoms with Crippen molar-refractivity contribution in [2.75, 3.05) is 18.5 Å². The molecule has 0 saturated carbocycles. The number of hydrogen-bond donors (Lipinski definition) is 1. The van der Waals surface area contributed by atoms with Crippen LogP contribution in [-0.4, -0.2) is 25.1 Å². The predicted molar refractivity (Wildman–Crippen MR) is 154 cm³/mol. The highest BCUT2D eigenvalue weighted by Gasteiger charge is 2.24. The minimum Gasteiger partial charge on any atom is -0.484 e. The van der Waals surface area contributed by atoms with E-state index >= 15 is 0 Å². The van der Waals surface area contributed by atoms with E-state index in [0.717, 1.165) is 22.3 Å². The SMILES string of the molecule is CCOC(=O)c1c(-c2ccc(C)c(C)c2)csc1NC(=O)COc1ccc(C(C)(C)c2ccccc2)cc1. The number of carbonyl (C=O) groups excluding carboxylic acids is 2. The average Bonchev–Trinajstić information content (AvgIpc) is 3.33. The summed E-state index contributed by atoms with van der Waals surface area (Å²) in [6.45, 7) is 10.3. The molecule has 4 aromatic rings. The van der Waals surface area contributed by atoms with Gasteiger partial charge in [0.05, 0.1) is 6.61 Å². The molecule has 0 aliphatic heterocycles. The zero-order valence-corrected chi connectivity index (χ0v) is 23.3. The molecular weight excluding hydrogens is 494 g/mol. The van der Waals surface area contributed by atoms with Gasteiger partial charge in [-0.15, -0.1) is 11.3 Å². The van der Waals surface area contributed by atoms with E-state index in [9.17, 15) is 9.59 Å². The summed E-state index contributed by atoms with van der Waals surface area (Å²) in [6, 6.07) is 24.2. The second kappa shape index (κ2) is 11.7. The van der Waals surface area contributed by atoms with E-state index in [1.54, 1.807) is 6.92 Å². The largest absolute Gasteiger partial charge is 0.484 e. The monoisotopic (exact) mass is 527 g/mol. The summed E-state index contributed by atoms with van der Waals surface area (Å²) >= 11 is 1.30. The molecule has 5 nitrogen and oxygen atoms in total. The number of hydrogen-bond acceptors (Lipinski definition) is 5. The molecule has 0 saturated heterocycles. The zero-order chi connectivity index (χ0) is 27.3. The van der Waals surface area contributed by atoms with Crippen LogP contribution in [0.25, 0.3) is 11.1 Å². The molecule has 0 fully saturated rings. The third-order valence-corrected chi connectivity index (χ3v) is 7.68. The van der Waals surface area contributed by atoms with Gasteiger partial charge in [-0.3, -0.25) is 4.79 Å². The molecule has 1 aromatic heterocycles. The van der Waals surface area contributed by atoms with Crippen molar-refractivity contribution in [3.63, 3.8) is 0 Å². The first-order chi connectivity index (χ1) is 18.2. The Morgan fingerprint density at radius 2 is 1.58 bits per heavy atom. The van der Waals surface area contributed by atoms with Gasteiger partial charge >= 0.3 is 5.97 Å². The smallest absolute Gasteiger partial charge is 0.341 e. The third-order valence-electron chi connectivity index (χ3n) is 6.78. The summed E-state index contributed by atoms with van der Waals surface area (Å²) in [4.78, 5) is 25.6. The van der Waals surface area contributed by atoms with Gasteiger partial charge in [-0.1, -0.05) is 74.5 Å². The van der Waals surface area contributed by atoms with Gasteiger partial charge in [0.15, 0.2) is 6.61 Å². The molecule has 3 aromatic carbocycles. The Morgan fingerprint density at radius 3 is 2.24 bits per heavy atom. The number of anilines is 1. The number of carbonyl (C=O) groups is 2. The number of nitrogens with one attached hydrogen (secondary N) is 1. The molecule has 1 heterocycles. The Morgan fingerprint density at radius 1 is 0.895 bits per heavy atom. The number of aryl methyl sites for hydroxylation is 2. The molecule has 0 aliphatic carbocycles. The van der Waals surface area contributed by atoms with E-state index < -0.39 is 5.97 Å². The highest BCUT2D eigenvalue weighted by molar-refractivity contribution is 7.15. The van der Waals surface area contributed by atoms with E-state index in [-0.39, 0.29) is 24.5 Å². The summed E-state index contributed by atoms with van der Waals surface area (Å²) < 4.78 is 11.1. The van der Waals surface area contributed by atoms with E-state index in [1.165, 1.54) is 22.5 Å². The van der Waals surface area contributed by atoms with Crippen molar-refractivity contribution in [2.45, 2.75) is 40.0 Å². The standard InChI is InChI=1S/C32H33NO4S/c1-6-36-31(35)29-27(23-13-12-21(2)22(3)18-23)20-38-30(29)33-28(34)19-37-26-16-14-25(15-17-26)32(4,5)24-10-8-7-9-11-24/h7-18,20H,6,19H2,1-5H3,(H,33,34). The minimum atomic E-state index is -0.463. The van der Waals surface area contributed by atoms with Crippen LogP contribution in [-0.2, 0) is 14.9 Å². The molecule has 1 N–H and O–H groups in total. The van der Waals surface area contributed by atoms with Crippen LogP contribution in [0, 0.1) is 13.8 Å². The van der Waals surface area contributed by atoms with Crippen LogP contribution >= 0.6 is 11.3 Å². The molecule has 0 spiro atoms. The van der Waals surface area contributed by atoms with Crippen LogP contribution in [0.3, 0.4) is 0 Å². The molecule has 38 heavy (non-hydrogen) atoms. The van der Waals surface area contributed by atoms with Gasteiger partial charge in [-0.25, -0.2) is 4.79 Å². The van der Waals surface area contributed by atoms with Crippen molar-refractivity contribution in [3.05, 3.63) is 106 Å². The Hall–Kier alpha value is -3.90. The van der Waals surface area contributed by atoms with Gasteiger partial charge in [-0.05, 0) is 60.7 Å². The van der Waals surface area contributed by atoms with Crippen LogP contribution in [0.1, 0.15) is 53.4 Å². The second-order valence-electron chi connectivity index (χ2n) is 9.73. The third kappa shape index (κ3) is 5.97.